The largest absolute Gasteiger partial charge is 0.384 e. The van der Waals surface area contributed by atoms with Crippen LogP contribution in [0.5, 0.6) is 0 Å². The molecule has 0 atom stereocenters. The molecule has 0 fully saturated rings. The van der Waals surface area contributed by atoms with E-state index in [-0.39, 0.29) is 5.82 Å². The first-order chi connectivity index (χ1) is 7.75. The number of aromatic nitrogens is 1. The van der Waals surface area contributed by atoms with Crippen molar-refractivity contribution < 1.29 is 4.39 Å². The minimum absolute atomic E-state index is 0.260. The topological polar surface area (TPSA) is 50.9 Å². The molecular formula is C12H12FN3. The number of para-hydroxylation sites is 1. The Labute approximate surface area is 93.1 Å². The number of nitrogen functional groups attached to an aromatic ring is 1. The number of nitrogens with zero attached hydrogens (tertiary/aromatic N) is 1. The zero-order valence-electron chi connectivity index (χ0n) is 8.65. The Kier molecular flexibility index (Phi) is 3.00. The van der Waals surface area contributed by atoms with Crippen molar-refractivity contribution >= 4 is 11.5 Å². The molecule has 3 nitrogen and oxygen atoms in total. The molecule has 1 aromatic heterocycles. The van der Waals surface area contributed by atoms with Crippen molar-refractivity contribution in [3.8, 4) is 0 Å². The average molecular weight is 217 g/mol. The van der Waals surface area contributed by atoms with Gasteiger partial charge in [0.25, 0.3) is 0 Å². The molecule has 16 heavy (non-hydrogen) atoms. The molecule has 0 bridgehead atoms. The Balaban J connectivity index is 2.05. The van der Waals surface area contributed by atoms with Gasteiger partial charge in [-0.25, -0.2) is 9.37 Å². The highest BCUT2D eigenvalue weighted by Gasteiger charge is 1.99. The number of benzene rings is 1. The molecule has 0 radical (unpaired) electrons. The van der Waals surface area contributed by atoms with Crippen molar-refractivity contribution in [1.29, 1.82) is 0 Å². The molecule has 0 aliphatic rings. The maximum atomic E-state index is 13.3. The van der Waals surface area contributed by atoms with E-state index in [4.69, 9.17) is 5.73 Å². The Morgan fingerprint density at radius 2 is 2.06 bits per heavy atom. The summed E-state index contributed by atoms with van der Waals surface area (Å²) in [6, 6.07) is 10.2. The molecule has 82 valence electrons. The molecule has 0 saturated carbocycles. The van der Waals surface area contributed by atoms with E-state index in [1.54, 1.807) is 30.5 Å². The quantitative estimate of drug-likeness (QED) is 0.830. The summed E-state index contributed by atoms with van der Waals surface area (Å²) >= 11 is 0. The summed E-state index contributed by atoms with van der Waals surface area (Å²) in [5, 5.41) is 3.00. The summed E-state index contributed by atoms with van der Waals surface area (Å²) in [6.07, 6.45) is 1.63. The lowest BCUT2D eigenvalue weighted by atomic mass is 10.2. The van der Waals surface area contributed by atoms with Crippen LogP contribution in [0.25, 0.3) is 0 Å². The van der Waals surface area contributed by atoms with Gasteiger partial charge in [0, 0.05) is 12.7 Å². The van der Waals surface area contributed by atoms with Gasteiger partial charge in [-0.3, -0.25) is 0 Å². The molecule has 0 aliphatic carbocycles. The number of anilines is 2. The van der Waals surface area contributed by atoms with Crippen LogP contribution >= 0.6 is 0 Å². The number of hydrogen-bond donors (Lipinski definition) is 2. The van der Waals surface area contributed by atoms with Gasteiger partial charge < -0.3 is 11.1 Å². The van der Waals surface area contributed by atoms with Gasteiger partial charge in [0.1, 0.15) is 11.6 Å². The van der Waals surface area contributed by atoms with Crippen LogP contribution in [0.3, 0.4) is 0 Å². The zero-order chi connectivity index (χ0) is 11.4. The first-order valence-corrected chi connectivity index (χ1v) is 4.94. The fourth-order valence-corrected chi connectivity index (χ4v) is 1.41. The third-order valence-corrected chi connectivity index (χ3v) is 2.20. The Morgan fingerprint density at radius 1 is 1.25 bits per heavy atom. The van der Waals surface area contributed by atoms with Crippen LogP contribution in [-0.2, 0) is 6.54 Å². The van der Waals surface area contributed by atoms with Crippen molar-refractivity contribution in [1.82, 2.24) is 4.98 Å². The molecular weight excluding hydrogens is 205 g/mol. The molecule has 4 heteroatoms. The maximum Gasteiger partial charge on any atom is 0.146 e. The number of hydrogen-bond acceptors (Lipinski definition) is 3. The summed E-state index contributed by atoms with van der Waals surface area (Å²) in [6.45, 7) is 0.521. The molecule has 3 N–H and O–H groups in total. The van der Waals surface area contributed by atoms with Crippen LogP contribution in [0.15, 0.2) is 42.6 Å². The van der Waals surface area contributed by atoms with Crippen LogP contribution < -0.4 is 11.1 Å². The molecule has 1 heterocycles. The van der Waals surface area contributed by atoms with Gasteiger partial charge in [-0.1, -0.05) is 12.1 Å². The Morgan fingerprint density at radius 3 is 2.81 bits per heavy atom. The molecule has 2 rings (SSSR count). The van der Waals surface area contributed by atoms with Crippen LogP contribution in [0.4, 0.5) is 15.9 Å². The smallest absolute Gasteiger partial charge is 0.146 e. The fourth-order valence-electron chi connectivity index (χ4n) is 1.41. The van der Waals surface area contributed by atoms with Crippen molar-refractivity contribution in [2.24, 2.45) is 0 Å². The first kappa shape index (κ1) is 10.4. The summed E-state index contributed by atoms with van der Waals surface area (Å²) in [5.41, 5.74) is 7.00. The fraction of sp³-hybridized carbons (Fsp3) is 0.0833. The summed E-state index contributed by atoms with van der Waals surface area (Å²) in [7, 11) is 0. The number of halogens is 1. The Bertz CT molecular complexity index is 485. The normalized spacial score (nSPS) is 10.1. The highest BCUT2D eigenvalue weighted by Crippen LogP contribution is 2.14. The SMILES string of the molecule is Nc1cc(CNc2ccccc2F)ccn1. The monoisotopic (exact) mass is 217 g/mol. The predicted octanol–water partition coefficient (Wildman–Crippen LogP) is 2.42. The molecule has 0 aliphatic heterocycles. The highest BCUT2D eigenvalue weighted by molar-refractivity contribution is 5.45. The van der Waals surface area contributed by atoms with E-state index in [2.05, 4.69) is 10.3 Å². The van der Waals surface area contributed by atoms with E-state index < -0.39 is 0 Å². The summed E-state index contributed by atoms with van der Waals surface area (Å²) < 4.78 is 13.3. The second-order valence-corrected chi connectivity index (χ2v) is 3.42. The zero-order valence-corrected chi connectivity index (χ0v) is 8.65. The van der Waals surface area contributed by atoms with E-state index in [1.165, 1.54) is 6.07 Å². The lowest BCUT2D eigenvalue weighted by molar-refractivity contribution is 0.630. The van der Waals surface area contributed by atoms with Gasteiger partial charge in [0.2, 0.25) is 0 Å². The second-order valence-electron chi connectivity index (χ2n) is 3.42. The van der Waals surface area contributed by atoms with Crippen molar-refractivity contribution in [2.75, 3.05) is 11.1 Å². The minimum Gasteiger partial charge on any atom is -0.384 e. The molecule has 0 unspecified atom stereocenters. The summed E-state index contributed by atoms with van der Waals surface area (Å²) in [5.74, 6) is 0.206. The van der Waals surface area contributed by atoms with Gasteiger partial charge >= 0.3 is 0 Å². The maximum absolute atomic E-state index is 13.3. The van der Waals surface area contributed by atoms with Crippen molar-refractivity contribution in [3.63, 3.8) is 0 Å². The molecule has 0 saturated heterocycles. The molecule has 1 aromatic carbocycles. The van der Waals surface area contributed by atoms with E-state index in [1.807, 2.05) is 6.07 Å². The second kappa shape index (κ2) is 4.61. The van der Waals surface area contributed by atoms with E-state index in [0.717, 1.165) is 5.56 Å². The lowest BCUT2D eigenvalue weighted by Gasteiger charge is -2.07. The molecule has 0 spiro atoms. The van der Waals surface area contributed by atoms with Crippen molar-refractivity contribution in [3.05, 3.63) is 54.0 Å². The van der Waals surface area contributed by atoms with E-state index >= 15 is 0 Å². The minimum atomic E-state index is -0.260. The predicted molar refractivity (Wildman–Crippen MR) is 62.4 cm³/mol. The van der Waals surface area contributed by atoms with Gasteiger partial charge in [-0.2, -0.15) is 0 Å². The number of nitrogens with two attached hydrogens (primary N) is 1. The van der Waals surface area contributed by atoms with Crippen LogP contribution in [-0.4, -0.2) is 4.98 Å². The molecule has 0 amide bonds. The number of nitrogens with one attached hydrogen (secondary N) is 1. The van der Waals surface area contributed by atoms with Gasteiger partial charge in [-0.15, -0.1) is 0 Å². The highest BCUT2D eigenvalue weighted by atomic mass is 19.1. The standard InChI is InChI=1S/C12H12FN3/c13-10-3-1-2-4-11(10)16-8-9-5-6-15-12(14)7-9/h1-7,16H,8H2,(H2,14,15). The summed E-state index contributed by atoms with van der Waals surface area (Å²) in [4.78, 5) is 3.89. The molecule has 2 aromatic rings. The Hall–Kier alpha value is -2.10. The number of rotatable bonds is 3. The van der Waals surface area contributed by atoms with E-state index in [0.29, 0.717) is 18.1 Å². The van der Waals surface area contributed by atoms with Crippen molar-refractivity contribution in [2.45, 2.75) is 6.54 Å². The average Bonchev–Trinajstić information content (AvgIpc) is 2.28. The third kappa shape index (κ3) is 2.48. The van der Waals surface area contributed by atoms with Crippen LogP contribution in [0.2, 0.25) is 0 Å². The van der Waals surface area contributed by atoms with Crippen LogP contribution in [0, 0.1) is 5.82 Å². The van der Waals surface area contributed by atoms with Gasteiger partial charge in [0.15, 0.2) is 0 Å². The third-order valence-electron chi connectivity index (χ3n) is 2.20. The van der Waals surface area contributed by atoms with E-state index in [9.17, 15) is 4.39 Å². The lowest BCUT2D eigenvalue weighted by Crippen LogP contribution is -2.02. The first-order valence-electron chi connectivity index (χ1n) is 4.94. The van der Waals surface area contributed by atoms with Gasteiger partial charge in [-0.05, 0) is 29.8 Å². The van der Waals surface area contributed by atoms with Gasteiger partial charge in [0.05, 0.1) is 5.69 Å². The number of pyridine rings is 1. The van der Waals surface area contributed by atoms with Crippen LogP contribution in [0.1, 0.15) is 5.56 Å².